The normalized spacial score (nSPS) is 17.2. The summed E-state index contributed by atoms with van der Waals surface area (Å²) in [6, 6.07) is 8.28. The molecule has 0 aromatic heterocycles. The Balaban J connectivity index is 2.33. The van der Waals surface area contributed by atoms with Crippen molar-refractivity contribution in [3.05, 3.63) is 35.4 Å². The molecule has 1 aliphatic carbocycles. The molecular formula is C13H16O2. The second-order valence-corrected chi connectivity index (χ2v) is 4.13. The van der Waals surface area contributed by atoms with Crippen LogP contribution in [0.3, 0.4) is 0 Å². The predicted molar refractivity (Wildman–Crippen MR) is 58.7 cm³/mol. The molecule has 0 unspecified atom stereocenters. The Morgan fingerprint density at radius 2 is 2.20 bits per heavy atom. The van der Waals surface area contributed by atoms with E-state index in [9.17, 15) is 4.79 Å². The Morgan fingerprint density at radius 3 is 2.73 bits per heavy atom. The molecule has 2 rings (SSSR count). The van der Waals surface area contributed by atoms with Crippen LogP contribution in [0.1, 0.15) is 30.9 Å². The lowest BCUT2D eigenvalue weighted by Crippen LogP contribution is -2.21. The van der Waals surface area contributed by atoms with Gasteiger partial charge in [-0.15, -0.1) is 0 Å². The number of hydrogen-bond acceptors (Lipinski definition) is 2. The van der Waals surface area contributed by atoms with Crippen LogP contribution in [0, 0.1) is 0 Å². The molecule has 0 N–H and O–H groups in total. The highest BCUT2D eigenvalue weighted by Gasteiger charge is 2.52. The first-order chi connectivity index (χ1) is 7.23. The third-order valence-corrected chi connectivity index (χ3v) is 3.21. The van der Waals surface area contributed by atoms with Crippen molar-refractivity contribution in [1.82, 2.24) is 0 Å². The summed E-state index contributed by atoms with van der Waals surface area (Å²) in [7, 11) is 1.46. The topological polar surface area (TPSA) is 26.3 Å². The fraction of sp³-hybridized carbons (Fsp3) is 0.462. The van der Waals surface area contributed by atoms with E-state index in [4.69, 9.17) is 4.74 Å². The molecule has 1 aromatic rings. The van der Waals surface area contributed by atoms with E-state index in [1.807, 2.05) is 12.1 Å². The van der Waals surface area contributed by atoms with Gasteiger partial charge in [-0.05, 0) is 30.4 Å². The minimum atomic E-state index is -0.320. The van der Waals surface area contributed by atoms with Gasteiger partial charge in [0.1, 0.15) is 0 Å². The van der Waals surface area contributed by atoms with Crippen molar-refractivity contribution >= 4 is 5.97 Å². The van der Waals surface area contributed by atoms with E-state index in [-0.39, 0.29) is 11.4 Å². The maximum absolute atomic E-state index is 11.7. The van der Waals surface area contributed by atoms with E-state index < -0.39 is 0 Å². The molecule has 0 bridgehead atoms. The number of methoxy groups -OCH3 is 1. The first kappa shape index (κ1) is 10.2. The summed E-state index contributed by atoms with van der Waals surface area (Å²) in [5, 5.41) is 0. The number of aryl methyl sites for hydroxylation is 1. The molecule has 0 spiro atoms. The Hall–Kier alpha value is -1.31. The standard InChI is InChI=1S/C13H16O2/c1-3-10-5-4-6-11(9-10)13(7-8-13)12(14)15-2/h4-6,9H,3,7-8H2,1-2H3. The van der Waals surface area contributed by atoms with Crippen LogP contribution in [0.4, 0.5) is 0 Å². The molecule has 1 aliphatic rings. The van der Waals surface area contributed by atoms with E-state index >= 15 is 0 Å². The van der Waals surface area contributed by atoms with Crippen LogP contribution >= 0.6 is 0 Å². The van der Waals surface area contributed by atoms with Gasteiger partial charge in [-0.3, -0.25) is 4.79 Å². The third-order valence-electron chi connectivity index (χ3n) is 3.21. The minimum absolute atomic E-state index is 0.0873. The van der Waals surface area contributed by atoms with Gasteiger partial charge in [0.25, 0.3) is 0 Å². The van der Waals surface area contributed by atoms with E-state index in [0.29, 0.717) is 0 Å². The molecule has 0 radical (unpaired) electrons. The smallest absolute Gasteiger partial charge is 0.316 e. The zero-order valence-electron chi connectivity index (χ0n) is 9.25. The molecule has 0 aliphatic heterocycles. The molecule has 0 amide bonds. The van der Waals surface area contributed by atoms with Gasteiger partial charge in [-0.25, -0.2) is 0 Å². The molecule has 1 fully saturated rings. The Labute approximate surface area is 90.3 Å². The van der Waals surface area contributed by atoms with Crippen molar-refractivity contribution in [3.63, 3.8) is 0 Å². The first-order valence-electron chi connectivity index (χ1n) is 5.41. The van der Waals surface area contributed by atoms with Gasteiger partial charge < -0.3 is 4.74 Å². The molecule has 0 saturated heterocycles. The van der Waals surface area contributed by atoms with E-state index in [0.717, 1.165) is 24.8 Å². The maximum atomic E-state index is 11.7. The molecule has 80 valence electrons. The van der Waals surface area contributed by atoms with Gasteiger partial charge in [0.2, 0.25) is 0 Å². The maximum Gasteiger partial charge on any atom is 0.316 e. The van der Waals surface area contributed by atoms with Crippen LogP contribution in [0.5, 0.6) is 0 Å². The zero-order valence-corrected chi connectivity index (χ0v) is 9.25. The van der Waals surface area contributed by atoms with Crippen molar-refractivity contribution in [1.29, 1.82) is 0 Å². The van der Waals surface area contributed by atoms with Crippen LogP contribution in [0.15, 0.2) is 24.3 Å². The number of rotatable bonds is 3. The second kappa shape index (κ2) is 3.69. The Kier molecular flexibility index (Phi) is 2.51. The van der Waals surface area contributed by atoms with E-state index in [1.165, 1.54) is 12.7 Å². The highest BCUT2D eigenvalue weighted by molar-refractivity contribution is 5.86. The molecule has 1 aromatic carbocycles. The van der Waals surface area contributed by atoms with Gasteiger partial charge in [0, 0.05) is 0 Å². The van der Waals surface area contributed by atoms with Crippen molar-refractivity contribution in [2.75, 3.05) is 7.11 Å². The molecule has 0 atom stereocenters. The molecule has 0 heterocycles. The predicted octanol–water partition coefficient (Wildman–Crippen LogP) is 2.45. The van der Waals surface area contributed by atoms with Gasteiger partial charge in [-0.2, -0.15) is 0 Å². The average molecular weight is 204 g/mol. The molecular weight excluding hydrogens is 188 g/mol. The summed E-state index contributed by atoms with van der Waals surface area (Å²) in [4.78, 5) is 11.7. The lowest BCUT2D eigenvalue weighted by molar-refractivity contribution is -0.143. The van der Waals surface area contributed by atoms with Crippen molar-refractivity contribution < 1.29 is 9.53 Å². The fourth-order valence-electron chi connectivity index (χ4n) is 2.02. The number of carbonyl (C=O) groups excluding carboxylic acids is 1. The summed E-state index contributed by atoms with van der Waals surface area (Å²) >= 11 is 0. The summed E-state index contributed by atoms with van der Waals surface area (Å²) in [5.41, 5.74) is 2.08. The second-order valence-electron chi connectivity index (χ2n) is 4.13. The molecule has 15 heavy (non-hydrogen) atoms. The fourth-order valence-corrected chi connectivity index (χ4v) is 2.02. The van der Waals surface area contributed by atoms with Gasteiger partial charge in [0.05, 0.1) is 12.5 Å². The Bertz CT molecular complexity index is 378. The highest BCUT2D eigenvalue weighted by atomic mass is 16.5. The largest absolute Gasteiger partial charge is 0.468 e. The van der Waals surface area contributed by atoms with Gasteiger partial charge >= 0.3 is 5.97 Å². The van der Waals surface area contributed by atoms with Gasteiger partial charge in [0.15, 0.2) is 0 Å². The summed E-state index contributed by atoms with van der Waals surface area (Å²) in [5.74, 6) is -0.0873. The van der Waals surface area contributed by atoms with Crippen LogP contribution in [0.25, 0.3) is 0 Å². The van der Waals surface area contributed by atoms with Crippen LogP contribution in [0.2, 0.25) is 0 Å². The van der Waals surface area contributed by atoms with Crippen molar-refractivity contribution in [2.24, 2.45) is 0 Å². The first-order valence-corrected chi connectivity index (χ1v) is 5.41. The number of hydrogen-bond donors (Lipinski definition) is 0. The summed E-state index contributed by atoms with van der Waals surface area (Å²) in [6.45, 7) is 2.12. The monoisotopic (exact) mass is 204 g/mol. The third kappa shape index (κ3) is 1.65. The van der Waals surface area contributed by atoms with E-state index in [2.05, 4.69) is 19.1 Å². The number of benzene rings is 1. The number of ether oxygens (including phenoxy) is 1. The van der Waals surface area contributed by atoms with Crippen molar-refractivity contribution in [2.45, 2.75) is 31.6 Å². The molecule has 1 saturated carbocycles. The molecule has 2 heteroatoms. The lowest BCUT2D eigenvalue weighted by atomic mass is 9.94. The number of carbonyl (C=O) groups is 1. The quantitative estimate of drug-likeness (QED) is 0.707. The summed E-state index contributed by atoms with van der Waals surface area (Å²) < 4.78 is 4.87. The van der Waals surface area contributed by atoms with Gasteiger partial charge in [-0.1, -0.05) is 31.2 Å². The van der Waals surface area contributed by atoms with E-state index in [1.54, 1.807) is 0 Å². The Morgan fingerprint density at radius 1 is 1.47 bits per heavy atom. The van der Waals surface area contributed by atoms with Crippen LogP contribution in [-0.2, 0) is 21.4 Å². The number of esters is 1. The summed E-state index contributed by atoms with van der Waals surface area (Å²) in [6.07, 6.45) is 2.85. The zero-order chi connectivity index (χ0) is 10.9. The molecule has 2 nitrogen and oxygen atoms in total. The minimum Gasteiger partial charge on any atom is -0.468 e. The lowest BCUT2D eigenvalue weighted by Gasteiger charge is -2.13. The highest BCUT2D eigenvalue weighted by Crippen LogP contribution is 2.49. The SMILES string of the molecule is CCc1cccc(C2(C(=O)OC)CC2)c1. The van der Waals surface area contributed by atoms with Crippen LogP contribution < -0.4 is 0 Å². The average Bonchev–Trinajstić information content (AvgIpc) is 3.09. The van der Waals surface area contributed by atoms with Crippen molar-refractivity contribution in [3.8, 4) is 0 Å². The van der Waals surface area contributed by atoms with Crippen LogP contribution in [-0.4, -0.2) is 13.1 Å².